The summed E-state index contributed by atoms with van der Waals surface area (Å²) in [6.45, 7) is 1.83. The Bertz CT molecular complexity index is 248. The van der Waals surface area contributed by atoms with Gasteiger partial charge in [-0.2, -0.15) is 0 Å². The smallest absolute Gasteiger partial charge is 0.304 e. The average Bonchev–Trinajstić information content (AvgIpc) is 2.32. The lowest BCUT2D eigenvalue weighted by Gasteiger charge is -2.20. The molecule has 0 bridgehead atoms. The Morgan fingerprint density at radius 3 is 2.61 bits per heavy atom. The second-order valence-electron chi connectivity index (χ2n) is 3.84. The van der Waals surface area contributed by atoms with Crippen LogP contribution in [0.15, 0.2) is 0 Å². The summed E-state index contributed by atoms with van der Waals surface area (Å²) >= 11 is 0. The molecule has 0 aliphatic rings. The van der Waals surface area contributed by atoms with E-state index in [1.807, 2.05) is 0 Å². The molecule has 3 N–H and O–H groups in total. The van der Waals surface area contributed by atoms with Gasteiger partial charge in [0.1, 0.15) is 0 Å². The number of nitrogens with one attached hydrogen (secondary N) is 1. The molecule has 0 atom stereocenters. The fraction of sp³-hybridized carbons (Fsp3) is 0.818. The van der Waals surface area contributed by atoms with Crippen LogP contribution in [0.25, 0.3) is 0 Å². The summed E-state index contributed by atoms with van der Waals surface area (Å²) in [5.41, 5.74) is 0. The van der Waals surface area contributed by atoms with Crippen LogP contribution in [-0.4, -0.2) is 73.5 Å². The van der Waals surface area contributed by atoms with Crippen molar-refractivity contribution in [1.29, 1.82) is 0 Å². The molecule has 7 heteroatoms. The van der Waals surface area contributed by atoms with Crippen LogP contribution in [0.5, 0.6) is 0 Å². The van der Waals surface area contributed by atoms with Crippen molar-refractivity contribution in [2.45, 2.75) is 12.8 Å². The van der Waals surface area contributed by atoms with Crippen LogP contribution in [0, 0.1) is 0 Å². The fourth-order valence-electron chi connectivity index (χ4n) is 1.37. The number of nitrogens with zero attached hydrogens (tertiary/aromatic N) is 1. The number of hydrogen-bond donors (Lipinski definition) is 3. The summed E-state index contributed by atoms with van der Waals surface area (Å²) in [6.07, 6.45) is 0.502. The summed E-state index contributed by atoms with van der Waals surface area (Å²) in [4.78, 5) is 23.7. The van der Waals surface area contributed by atoms with Crippen LogP contribution in [0.1, 0.15) is 12.8 Å². The molecule has 18 heavy (non-hydrogen) atoms. The van der Waals surface area contributed by atoms with Crippen molar-refractivity contribution in [3.63, 3.8) is 0 Å². The standard InChI is InChI=1S/C11H22N2O5/c1-18-8-4-12-10(15)9-13(5-2-7-14)6-3-11(16)17/h14H,2-9H2,1H3,(H,12,15)(H,16,17). The molecule has 0 aliphatic heterocycles. The van der Waals surface area contributed by atoms with Crippen molar-refractivity contribution < 1.29 is 24.5 Å². The molecule has 1 amide bonds. The maximum Gasteiger partial charge on any atom is 0.304 e. The molecule has 0 aromatic heterocycles. The predicted octanol–water partition coefficient (Wildman–Crippen LogP) is -1.09. The Balaban J connectivity index is 3.96. The number of ether oxygens (including phenoxy) is 1. The van der Waals surface area contributed by atoms with E-state index in [1.165, 1.54) is 0 Å². The number of aliphatic hydroxyl groups excluding tert-OH is 1. The van der Waals surface area contributed by atoms with Crippen molar-refractivity contribution in [2.75, 3.05) is 46.5 Å². The minimum absolute atomic E-state index is 0.0171. The van der Waals surface area contributed by atoms with E-state index >= 15 is 0 Å². The third kappa shape index (κ3) is 10.0. The van der Waals surface area contributed by atoms with Gasteiger partial charge in [-0.15, -0.1) is 0 Å². The van der Waals surface area contributed by atoms with Crippen molar-refractivity contribution in [2.24, 2.45) is 0 Å². The highest BCUT2D eigenvalue weighted by Gasteiger charge is 2.11. The van der Waals surface area contributed by atoms with Gasteiger partial charge in [0.05, 0.1) is 19.6 Å². The first-order valence-corrected chi connectivity index (χ1v) is 5.90. The molecule has 0 saturated heterocycles. The SMILES string of the molecule is COCCNC(=O)CN(CCCO)CCC(=O)O. The Kier molecular flexibility index (Phi) is 10.2. The van der Waals surface area contributed by atoms with Crippen LogP contribution in [-0.2, 0) is 14.3 Å². The lowest BCUT2D eigenvalue weighted by molar-refractivity contribution is -0.137. The molecule has 0 rings (SSSR count). The molecule has 0 fully saturated rings. The second-order valence-corrected chi connectivity index (χ2v) is 3.84. The number of carboxylic acid groups (broad SMARTS) is 1. The normalized spacial score (nSPS) is 10.6. The number of aliphatic carboxylic acids is 1. The highest BCUT2D eigenvalue weighted by atomic mass is 16.5. The topological polar surface area (TPSA) is 99.1 Å². The number of hydrogen-bond acceptors (Lipinski definition) is 5. The second kappa shape index (κ2) is 10.9. The zero-order chi connectivity index (χ0) is 13.8. The molecule has 0 radical (unpaired) electrons. The van der Waals surface area contributed by atoms with E-state index in [2.05, 4.69) is 5.32 Å². The van der Waals surface area contributed by atoms with E-state index < -0.39 is 5.97 Å². The summed E-state index contributed by atoms with van der Waals surface area (Å²) < 4.78 is 4.80. The quantitative estimate of drug-likeness (QED) is 0.409. The highest BCUT2D eigenvalue weighted by molar-refractivity contribution is 5.78. The van der Waals surface area contributed by atoms with Gasteiger partial charge in [-0.25, -0.2) is 0 Å². The third-order valence-electron chi connectivity index (χ3n) is 2.27. The Hall–Kier alpha value is -1.18. The molecule has 0 spiro atoms. The van der Waals surface area contributed by atoms with Gasteiger partial charge in [0.25, 0.3) is 0 Å². The van der Waals surface area contributed by atoms with Crippen LogP contribution in [0.2, 0.25) is 0 Å². The fourth-order valence-corrected chi connectivity index (χ4v) is 1.37. The number of carbonyl (C=O) groups is 2. The average molecular weight is 262 g/mol. The van der Waals surface area contributed by atoms with Crippen molar-refractivity contribution in [1.82, 2.24) is 10.2 Å². The molecule has 106 valence electrons. The molecule has 0 saturated carbocycles. The van der Waals surface area contributed by atoms with Gasteiger partial charge in [0.15, 0.2) is 0 Å². The van der Waals surface area contributed by atoms with Gasteiger partial charge in [0, 0.05) is 33.4 Å². The van der Waals surface area contributed by atoms with Crippen LogP contribution in [0.4, 0.5) is 0 Å². The zero-order valence-corrected chi connectivity index (χ0v) is 10.7. The number of aliphatic hydroxyl groups is 1. The molecular formula is C11H22N2O5. The lowest BCUT2D eigenvalue weighted by Crippen LogP contribution is -2.40. The summed E-state index contributed by atoms with van der Waals surface area (Å²) in [6, 6.07) is 0. The molecule has 0 unspecified atom stereocenters. The number of methoxy groups -OCH3 is 1. The number of rotatable bonds is 11. The van der Waals surface area contributed by atoms with Crippen molar-refractivity contribution in [3.05, 3.63) is 0 Å². The summed E-state index contributed by atoms with van der Waals surface area (Å²) in [7, 11) is 1.55. The van der Waals surface area contributed by atoms with E-state index in [-0.39, 0.29) is 25.5 Å². The summed E-state index contributed by atoms with van der Waals surface area (Å²) in [5.74, 6) is -1.07. The van der Waals surface area contributed by atoms with Crippen LogP contribution < -0.4 is 5.32 Å². The minimum atomic E-state index is -0.899. The minimum Gasteiger partial charge on any atom is -0.481 e. The van der Waals surface area contributed by atoms with Crippen molar-refractivity contribution >= 4 is 11.9 Å². The molecule has 0 aromatic carbocycles. The molecule has 7 nitrogen and oxygen atoms in total. The van der Waals surface area contributed by atoms with Crippen molar-refractivity contribution in [3.8, 4) is 0 Å². The Morgan fingerprint density at radius 1 is 1.33 bits per heavy atom. The number of carbonyl (C=O) groups excluding carboxylic acids is 1. The van der Waals surface area contributed by atoms with Gasteiger partial charge >= 0.3 is 5.97 Å². The van der Waals surface area contributed by atoms with Gasteiger partial charge in [-0.05, 0) is 6.42 Å². The highest BCUT2D eigenvalue weighted by Crippen LogP contribution is 1.94. The van der Waals surface area contributed by atoms with Gasteiger partial charge < -0.3 is 20.3 Å². The first-order valence-electron chi connectivity index (χ1n) is 5.90. The largest absolute Gasteiger partial charge is 0.481 e. The van der Waals surface area contributed by atoms with E-state index in [9.17, 15) is 9.59 Å². The summed E-state index contributed by atoms with van der Waals surface area (Å²) in [5, 5.41) is 20.0. The lowest BCUT2D eigenvalue weighted by atomic mass is 10.3. The van der Waals surface area contributed by atoms with Crippen LogP contribution >= 0.6 is 0 Å². The first-order chi connectivity index (χ1) is 8.60. The first kappa shape index (κ1) is 16.8. The maximum absolute atomic E-state index is 11.5. The third-order valence-corrected chi connectivity index (χ3v) is 2.27. The Labute approximate surface area is 107 Å². The van der Waals surface area contributed by atoms with Crippen LogP contribution in [0.3, 0.4) is 0 Å². The molecular weight excluding hydrogens is 240 g/mol. The monoisotopic (exact) mass is 262 g/mol. The number of amides is 1. The molecule has 0 heterocycles. The Morgan fingerprint density at radius 2 is 2.06 bits per heavy atom. The predicted molar refractivity (Wildman–Crippen MR) is 65.3 cm³/mol. The maximum atomic E-state index is 11.5. The van der Waals surface area contributed by atoms with Gasteiger partial charge in [0.2, 0.25) is 5.91 Å². The molecule has 0 aromatic rings. The van der Waals surface area contributed by atoms with Gasteiger partial charge in [-0.3, -0.25) is 14.5 Å². The van der Waals surface area contributed by atoms with E-state index in [4.69, 9.17) is 14.9 Å². The van der Waals surface area contributed by atoms with Gasteiger partial charge in [-0.1, -0.05) is 0 Å². The van der Waals surface area contributed by atoms with E-state index in [0.717, 1.165) is 0 Å². The zero-order valence-electron chi connectivity index (χ0n) is 10.7. The van der Waals surface area contributed by atoms with E-state index in [0.29, 0.717) is 32.7 Å². The molecule has 0 aliphatic carbocycles. The van der Waals surface area contributed by atoms with E-state index in [1.54, 1.807) is 12.0 Å². The number of carboxylic acids is 1.